The number of anilines is 2. The molecule has 114 valence electrons. The number of nitrogens with two attached hydrogens (primary N) is 1. The molecular formula is C15H22N4S2. The number of nitrogens with zero attached hydrogens (tertiary/aromatic N) is 2. The van der Waals surface area contributed by atoms with Gasteiger partial charge in [0.15, 0.2) is 0 Å². The lowest BCUT2D eigenvalue weighted by Gasteiger charge is -2.23. The molecule has 0 spiro atoms. The summed E-state index contributed by atoms with van der Waals surface area (Å²) in [5.74, 6) is 1.29. The molecule has 3 N–H and O–H groups in total. The van der Waals surface area contributed by atoms with Crippen LogP contribution in [-0.4, -0.2) is 15.4 Å². The average Bonchev–Trinajstić information content (AvgIpc) is 2.96. The van der Waals surface area contributed by atoms with Gasteiger partial charge in [0.05, 0.1) is 5.56 Å². The molecule has 0 saturated heterocycles. The highest BCUT2D eigenvalue weighted by atomic mass is 32.1. The third-order valence-corrected chi connectivity index (χ3v) is 6.00. The molecule has 0 aromatic carbocycles. The SMILES string of the molecule is Cc1csc(-c2c(N)nsc2NC2CCCCCC2C)n1. The number of thiazole rings is 1. The number of nitrogen functional groups attached to an aromatic ring is 1. The summed E-state index contributed by atoms with van der Waals surface area (Å²) >= 11 is 3.10. The smallest absolute Gasteiger partial charge is 0.149 e. The summed E-state index contributed by atoms with van der Waals surface area (Å²) in [6, 6.07) is 0.521. The van der Waals surface area contributed by atoms with Gasteiger partial charge in [0.2, 0.25) is 0 Å². The van der Waals surface area contributed by atoms with Gasteiger partial charge in [0.1, 0.15) is 15.8 Å². The van der Waals surface area contributed by atoms with Crippen molar-refractivity contribution in [2.24, 2.45) is 5.92 Å². The largest absolute Gasteiger partial charge is 0.382 e. The predicted octanol–water partition coefficient (Wildman–Crippen LogP) is 4.54. The van der Waals surface area contributed by atoms with Crippen LogP contribution in [0.5, 0.6) is 0 Å². The van der Waals surface area contributed by atoms with Crippen LogP contribution in [0.25, 0.3) is 10.6 Å². The van der Waals surface area contributed by atoms with Gasteiger partial charge in [-0.25, -0.2) is 4.98 Å². The van der Waals surface area contributed by atoms with Gasteiger partial charge in [-0.1, -0.05) is 26.2 Å². The van der Waals surface area contributed by atoms with Gasteiger partial charge in [-0.2, -0.15) is 4.37 Å². The van der Waals surface area contributed by atoms with E-state index >= 15 is 0 Å². The lowest BCUT2D eigenvalue weighted by atomic mass is 9.97. The summed E-state index contributed by atoms with van der Waals surface area (Å²) < 4.78 is 4.34. The van der Waals surface area contributed by atoms with E-state index < -0.39 is 0 Å². The van der Waals surface area contributed by atoms with Crippen molar-refractivity contribution < 1.29 is 0 Å². The van der Waals surface area contributed by atoms with Crippen molar-refractivity contribution in [1.29, 1.82) is 0 Å². The Morgan fingerprint density at radius 3 is 2.86 bits per heavy atom. The lowest BCUT2D eigenvalue weighted by molar-refractivity contribution is 0.457. The molecule has 1 aliphatic rings. The maximum absolute atomic E-state index is 6.08. The molecule has 2 atom stereocenters. The van der Waals surface area contributed by atoms with Gasteiger partial charge in [-0.15, -0.1) is 11.3 Å². The molecule has 0 amide bonds. The number of aryl methyl sites for hydroxylation is 1. The Bertz CT molecular complexity index is 605. The molecule has 6 heteroatoms. The first-order chi connectivity index (χ1) is 10.1. The van der Waals surface area contributed by atoms with E-state index in [1.807, 2.05) is 6.92 Å². The summed E-state index contributed by atoms with van der Waals surface area (Å²) in [6.45, 7) is 4.36. The van der Waals surface area contributed by atoms with Gasteiger partial charge < -0.3 is 11.1 Å². The molecule has 3 rings (SSSR count). The minimum atomic E-state index is 0.521. The Morgan fingerprint density at radius 2 is 2.10 bits per heavy atom. The summed E-state index contributed by atoms with van der Waals surface area (Å²) in [5.41, 5.74) is 8.11. The number of rotatable bonds is 3. The first-order valence-electron chi connectivity index (χ1n) is 7.59. The van der Waals surface area contributed by atoms with E-state index in [1.54, 1.807) is 11.3 Å². The maximum Gasteiger partial charge on any atom is 0.149 e. The zero-order valence-electron chi connectivity index (χ0n) is 12.6. The van der Waals surface area contributed by atoms with Crippen LogP contribution < -0.4 is 11.1 Å². The monoisotopic (exact) mass is 322 g/mol. The fraction of sp³-hybridized carbons (Fsp3) is 0.600. The normalized spacial score (nSPS) is 23.0. The highest BCUT2D eigenvalue weighted by Crippen LogP contribution is 2.40. The van der Waals surface area contributed by atoms with Crippen molar-refractivity contribution in [2.75, 3.05) is 11.1 Å². The zero-order chi connectivity index (χ0) is 14.8. The van der Waals surface area contributed by atoms with Crippen LogP contribution in [0.4, 0.5) is 10.8 Å². The molecular weight excluding hydrogens is 300 g/mol. The Morgan fingerprint density at radius 1 is 1.29 bits per heavy atom. The molecule has 2 aromatic heterocycles. The molecule has 0 bridgehead atoms. The first kappa shape index (κ1) is 14.8. The van der Waals surface area contributed by atoms with E-state index in [9.17, 15) is 0 Å². The molecule has 0 aliphatic heterocycles. The average molecular weight is 323 g/mol. The minimum Gasteiger partial charge on any atom is -0.382 e. The van der Waals surface area contributed by atoms with E-state index in [0.29, 0.717) is 17.8 Å². The molecule has 2 unspecified atom stereocenters. The second kappa shape index (κ2) is 6.32. The van der Waals surface area contributed by atoms with Crippen molar-refractivity contribution >= 4 is 33.7 Å². The fourth-order valence-electron chi connectivity index (χ4n) is 2.95. The van der Waals surface area contributed by atoms with Crippen LogP contribution in [0.2, 0.25) is 0 Å². The van der Waals surface area contributed by atoms with Crippen LogP contribution in [0, 0.1) is 12.8 Å². The number of aromatic nitrogens is 2. The maximum atomic E-state index is 6.08. The summed E-state index contributed by atoms with van der Waals surface area (Å²) in [7, 11) is 0. The summed E-state index contributed by atoms with van der Waals surface area (Å²) in [6.07, 6.45) is 6.55. The van der Waals surface area contributed by atoms with Crippen LogP contribution in [0.15, 0.2) is 5.38 Å². The second-order valence-electron chi connectivity index (χ2n) is 5.93. The van der Waals surface area contributed by atoms with Gasteiger partial charge >= 0.3 is 0 Å². The Balaban J connectivity index is 1.86. The minimum absolute atomic E-state index is 0.521. The highest BCUT2D eigenvalue weighted by molar-refractivity contribution is 7.15. The van der Waals surface area contributed by atoms with E-state index in [1.165, 1.54) is 43.6 Å². The van der Waals surface area contributed by atoms with Gasteiger partial charge in [0.25, 0.3) is 0 Å². The topological polar surface area (TPSA) is 63.8 Å². The summed E-state index contributed by atoms with van der Waals surface area (Å²) in [5, 5.41) is 7.83. The van der Waals surface area contributed by atoms with Crippen LogP contribution in [0.3, 0.4) is 0 Å². The molecule has 0 radical (unpaired) electrons. The fourth-order valence-corrected chi connectivity index (χ4v) is 4.65. The second-order valence-corrected chi connectivity index (χ2v) is 7.56. The Kier molecular flexibility index (Phi) is 4.45. The van der Waals surface area contributed by atoms with Crippen LogP contribution in [-0.2, 0) is 0 Å². The first-order valence-corrected chi connectivity index (χ1v) is 9.24. The van der Waals surface area contributed by atoms with Crippen LogP contribution in [0.1, 0.15) is 44.7 Å². The van der Waals surface area contributed by atoms with Crippen molar-refractivity contribution in [3.8, 4) is 10.6 Å². The Hall–Kier alpha value is -1.14. The van der Waals surface area contributed by atoms with Crippen LogP contribution >= 0.6 is 22.9 Å². The molecule has 1 fully saturated rings. The van der Waals surface area contributed by atoms with Gasteiger partial charge in [-0.3, -0.25) is 0 Å². The standard InChI is InChI=1S/C15H22N4S2/c1-9-6-4-3-5-7-11(9)18-15-12(13(16)19-21-15)14-17-10(2)8-20-14/h8-9,11,18H,3-7H2,1-2H3,(H2,16,19). The quantitative estimate of drug-likeness (QED) is 0.814. The molecule has 1 aliphatic carbocycles. The molecule has 4 nitrogen and oxygen atoms in total. The zero-order valence-corrected chi connectivity index (χ0v) is 14.2. The third-order valence-electron chi connectivity index (χ3n) is 4.23. The lowest BCUT2D eigenvalue weighted by Crippen LogP contribution is -2.25. The van der Waals surface area contributed by atoms with Gasteiger partial charge in [-0.05, 0) is 37.2 Å². The van der Waals surface area contributed by atoms with E-state index in [2.05, 4.69) is 27.0 Å². The van der Waals surface area contributed by atoms with Crippen molar-refractivity contribution in [1.82, 2.24) is 9.36 Å². The number of hydrogen-bond acceptors (Lipinski definition) is 6. The number of nitrogens with one attached hydrogen (secondary N) is 1. The van der Waals surface area contributed by atoms with Crippen molar-refractivity contribution in [3.63, 3.8) is 0 Å². The van der Waals surface area contributed by atoms with E-state index in [-0.39, 0.29) is 0 Å². The van der Waals surface area contributed by atoms with Crippen molar-refractivity contribution in [3.05, 3.63) is 11.1 Å². The predicted molar refractivity (Wildman–Crippen MR) is 92.0 cm³/mol. The van der Waals surface area contributed by atoms with E-state index in [4.69, 9.17) is 5.73 Å². The summed E-state index contributed by atoms with van der Waals surface area (Å²) in [4.78, 5) is 4.57. The van der Waals surface area contributed by atoms with Crippen molar-refractivity contribution in [2.45, 2.75) is 52.0 Å². The Labute approximate surface area is 134 Å². The highest BCUT2D eigenvalue weighted by Gasteiger charge is 2.23. The molecule has 1 saturated carbocycles. The molecule has 2 aromatic rings. The van der Waals surface area contributed by atoms with E-state index in [0.717, 1.165) is 21.3 Å². The third kappa shape index (κ3) is 3.21. The number of hydrogen-bond donors (Lipinski definition) is 2. The van der Waals surface area contributed by atoms with Gasteiger partial charge in [0, 0.05) is 17.1 Å². The molecule has 21 heavy (non-hydrogen) atoms. The molecule has 2 heterocycles.